The van der Waals surface area contributed by atoms with E-state index in [1.165, 1.54) is 12.1 Å². The molecule has 1 aliphatic carbocycles. The molecule has 2 N–H and O–H groups in total. The molecule has 0 heterocycles. The Balaban J connectivity index is 2.06. The molecule has 4 nitrogen and oxygen atoms in total. The van der Waals surface area contributed by atoms with Gasteiger partial charge in [0.2, 0.25) is 5.91 Å². The number of aliphatic carboxylic acids is 1. The first-order chi connectivity index (χ1) is 9.92. The molecule has 1 saturated carbocycles. The van der Waals surface area contributed by atoms with Crippen LogP contribution >= 0.6 is 11.6 Å². The first kappa shape index (κ1) is 15.8. The monoisotopic (exact) mass is 313 g/mol. The third-order valence-electron chi connectivity index (χ3n) is 3.95. The fourth-order valence-electron chi connectivity index (χ4n) is 3.00. The molecule has 0 saturated heterocycles. The molecule has 0 bridgehead atoms. The van der Waals surface area contributed by atoms with Crippen molar-refractivity contribution in [2.45, 2.75) is 38.5 Å². The van der Waals surface area contributed by atoms with E-state index in [2.05, 4.69) is 5.32 Å². The molecule has 21 heavy (non-hydrogen) atoms. The molecule has 2 rings (SSSR count). The van der Waals surface area contributed by atoms with Crippen LogP contribution in [0.1, 0.15) is 38.5 Å². The summed E-state index contributed by atoms with van der Waals surface area (Å²) in [5.41, 5.74) is -0.485. The van der Waals surface area contributed by atoms with Gasteiger partial charge in [-0.2, -0.15) is 0 Å². The molecule has 6 heteroatoms. The van der Waals surface area contributed by atoms with Crippen molar-refractivity contribution in [3.05, 3.63) is 29.0 Å². The average Bonchev–Trinajstić information content (AvgIpc) is 2.82. The third-order valence-corrected chi connectivity index (χ3v) is 4.24. The second-order valence-corrected chi connectivity index (χ2v) is 6.01. The molecule has 1 aliphatic rings. The predicted molar refractivity (Wildman–Crippen MR) is 77.8 cm³/mol. The number of carboxylic acid groups (broad SMARTS) is 1. The number of hydrogen-bond donors (Lipinski definition) is 2. The first-order valence-corrected chi connectivity index (χ1v) is 7.25. The topological polar surface area (TPSA) is 66.4 Å². The van der Waals surface area contributed by atoms with Crippen LogP contribution in [0.2, 0.25) is 5.02 Å². The van der Waals surface area contributed by atoms with Crippen LogP contribution in [0.15, 0.2) is 18.2 Å². The van der Waals surface area contributed by atoms with Gasteiger partial charge in [0.1, 0.15) is 0 Å². The molecule has 1 aromatic carbocycles. The van der Waals surface area contributed by atoms with Crippen LogP contribution < -0.4 is 5.32 Å². The van der Waals surface area contributed by atoms with Gasteiger partial charge in [0, 0.05) is 6.42 Å². The standard InChI is InChI=1S/C15H17ClFNO3/c16-10-4-3-5-11(14(10)17)18-12(19)8-15(9-13(20)21)6-1-2-7-15/h3-5H,1-2,6-9H2,(H,18,19)(H,20,21). The largest absolute Gasteiger partial charge is 0.481 e. The van der Waals surface area contributed by atoms with Gasteiger partial charge in [0.25, 0.3) is 0 Å². The van der Waals surface area contributed by atoms with E-state index in [4.69, 9.17) is 16.7 Å². The lowest BCUT2D eigenvalue weighted by Crippen LogP contribution is -2.28. The molecule has 0 aromatic heterocycles. The van der Waals surface area contributed by atoms with Crippen molar-refractivity contribution in [1.82, 2.24) is 0 Å². The summed E-state index contributed by atoms with van der Waals surface area (Å²) in [6.45, 7) is 0. The quantitative estimate of drug-likeness (QED) is 0.868. The lowest BCUT2D eigenvalue weighted by molar-refractivity contribution is -0.140. The molecule has 0 radical (unpaired) electrons. The summed E-state index contributed by atoms with van der Waals surface area (Å²) in [5.74, 6) is -1.95. The van der Waals surface area contributed by atoms with Crippen LogP contribution in [-0.2, 0) is 9.59 Å². The van der Waals surface area contributed by atoms with Crippen LogP contribution in [0.25, 0.3) is 0 Å². The van der Waals surface area contributed by atoms with Gasteiger partial charge >= 0.3 is 5.97 Å². The second-order valence-electron chi connectivity index (χ2n) is 5.60. The number of benzene rings is 1. The highest BCUT2D eigenvalue weighted by Gasteiger charge is 2.38. The number of hydrogen-bond acceptors (Lipinski definition) is 2. The number of carboxylic acids is 1. The second kappa shape index (κ2) is 6.43. The summed E-state index contributed by atoms with van der Waals surface area (Å²) >= 11 is 5.66. The summed E-state index contributed by atoms with van der Waals surface area (Å²) in [6, 6.07) is 4.37. The predicted octanol–water partition coefficient (Wildman–Crippen LogP) is 3.84. The Morgan fingerprint density at radius 2 is 1.95 bits per heavy atom. The Hall–Kier alpha value is -1.62. The van der Waals surface area contributed by atoms with E-state index >= 15 is 0 Å². The van der Waals surface area contributed by atoms with E-state index in [0.717, 1.165) is 12.8 Å². The van der Waals surface area contributed by atoms with Gasteiger partial charge in [-0.05, 0) is 30.4 Å². The summed E-state index contributed by atoms with van der Waals surface area (Å²) in [5, 5.41) is 11.4. The number of amides is 1. The molecule has 114 valence electrons. The zero-order chi connectivity index (χ0) is 15.5. The maximum absolute atomic E-state index is 13.7. The Morgan fingerprint density at radius 1 is 1.29 bits per heavy atom. The highest BCUT2D eigenvalue weighted by Crippen LogP contribution is 2.44. The fraction of sp³-hybridized carbons (Fsp3) is 0.467. The maximum Gasteiger partial charge on any atom is 0.303 e. The van der Waals surface area contributed by atoms with E-state index in [1.807, 2.05) is 0 Å². The Bertz CT molecular complexity index is 556. The Kier molecular flexibility index (Phi) is 4.83. The Morgan fingerprint density at radius 3 is 2.57 bits per heavy atom. The van der Waals surface area contributed by atoms with Crippen molar-refractivity contribution in [3.63, 3.8) is 0 Å². The van der Waals surface area contributed by atoms with E-state index < -0.39 is 17.2 Å². The van der Waals surface area contributed by atoms with Crippen LogP contribution in [0.5, 0.6) is 0 Å². The van der Waals surface area contributed by atoms with E-state index in [9.17, 15) is 14.0 Å². The van der Waals surface area contributed by atoms with E-state index in [1.54, 1.807) is 6.07 Å². The summed E-state index contributed by atoms with van der Waals surface area (Å²) in [4.78, 5) is 23.1. The van der Waals surface area contributed by atoms with Crippen molar-refractivity contribution in [3.8, 4) is 0 Å². The number of nitrogens with one attached hydrogen (secondary N) is 1. The minimum atomic E-state index is -0.904. The molecule has 1 amide bonds. The normalized spacial score (nSPS) is 16.7. The average molecular weight is 314 g/mol. The number of halogens is 2. The molecule has 0 atom stereocenters. The Labute approximate surface area is 127 Å². The molecular formula is C15H17ClFNO3. The lowest BCUT2D eigenvalue weighted by Gasteiger charge is -2.26. The van der Waals surface area contributed by atoms with Crippen molar-refractivity contribution in [2.75, 3.05) is 5.32 Å². The van der Waals surface area contributed by atoms with Gasteiger partial charge in [-0.15, -0.1) is 0 Å². The van der Waals surface area contributed by atoms with Crippen molar-refractivity contribution in [1.29, 1.82) is 0 Å². The summed E-state index contributed by atoms with van der Waals surface area (Å²) in [6.07, 6.45) is 3.33. The molecular weight excluding hydrogens is 297 g/mol. The van der Waals surface area contributed by atoms with E-state index in [0.29, 0.717) is 12.8 Å². The molecule has 1 aromatic rings. The SMILES string of the molecule is O=C(O)CC1(CC(=O)Nc2cccc(Cl)c2F)CCCC1. The van der Waals surface area contributed by atoms with Crippen LogP contribution in [0, 0.1) is 11.2 Å². The van der Waals surface area contributed by atoms with Gasteiger partial charge in [-0.25, -0.2) is 4.39 Å². The van der Waals surface area contributed by atoms with Crippen LogP contribution in [0.4, 0.5) is 10.1 Å². The summed E-state index contributed by atoms with van der Waals surface area (Å²) in [7, 11) is 0. The van der Waals surface area contributed by atoms with Gasteiger partial charge < -0.3 is 10.4 Å². The molecule has 0 spiro atoms. The highest BCUT2D eigenvalue weighted by molar-refractivity contribution is 6.31. The maximum atomic E-state index is 13.7. The van der Waals surface area contributed by atoms with E-state index in [-0.39, 0.29) is 29.5 Å². The van der Waals surface area contributed by atoms with Crippen molar-refractivity contribution >= 4 is 29.2 Å². The molecule has 0 aliphatic heterocycles. The van der Waals surface area contributed by atoms with Crippen molar-refractivity contribution in [2.24, 2.45) is 5.41 Å². The number of anilines is 1. The third kappa shape index (κ3) is 3.94. The van der Waals surface area contributed by atoms with Gasteiger partial charge in [-0.1, -0.05) is 30.5 Å². The van der Waals surface area contributed by atoms with Crippen molar-refractivity contribution < 1.29 is 19.1 Å². The molecule has 1 fully saturated rings. The minimum absolute atomic E-state index is 0.0240. The van der Waals surface area contributed by atoms with Gasteiger partial charge in [-0.3, -0.25) is 9.59 Å². The van der Waals surface area contributed by atoms with Crippen LogP contribution in [-0.4, -0.2) is 17.0 Å². The number of rotatable bonds is 5. The number of carbonyl (C=O) groups is 2. The summed E-state index contributed by atoms with van der Waals surface area (Å²) < 4.78 is 13.7. The minimum Gasteiger partial charge on any atom is -0.481 e. The number of carbonyl (C=O) groups excluding carboxylic acids is 1. The first-order valence-electron chi connectivity index (χ1n) is 6.88. The zero-order valence-corrected chi connectivity index (χ0v) is 12.3. The smallest absolute Gasteiger partial charge is 0.303 e. The van der Waals surface area contributed by atoms with Gasteiger partial charge in [0.15, 0.2) is 5.82 Å². The fourth-order valence-corrected chi connectivity index (χ4v) is 3.17. The zero-order valence-electron chi connectivity index (χ0n) is 11.5. The van der Waals surface area contributed by atoms with Gasteiger partial charge in [0.05, 0.1) is 17.1 Å². The van der Waals surface area contributed by atoms with Crippen LogP contribution in [0.3, 0.4) is 0 Å². The highest BCUT2D eigenvalue weighted by atomic mass is 35.5. The lowest BCUT2D eigenvalue weighted by atomic mass is 9.79. The molecule has 0 unspecified atom stereocenters.